The molecule has 0 aliphatic heterocycles. The van der Waals surface area contributed by atoms with E-state index in [0.717, 1.165) is 23.3 Å². The average Bonchev–Trinajstić information content (AvgIpc) is 3.23. The molecule has 0 amide bonds. The molecule has 1 aromatic carbocycles. The van der Waals surface area contributed by atoms with Crippen molar-refractivity contribution in [1.82, 2.24) is 23.6 Å². The molecule has 0 saturated heterocycles. The maximum Gasteiger partial charge on any atom is 0.573 e. The van der Waals surface area contributed by atoms with Crippen LogP contribution in [0, 0.1) is 6.92 Å². The molecule has 13 heteroatoms. The van der Waals surface area contributed by atoms with Crippen molar-refractivity contribution in [1.29, 1.82) is 0 Å². The molecule has 0 spiro atoms. The highest BCUT2D eigenvalue weighted by Crippen LogP contribution is 2.22. The summed E-state index contributed by atoms with van der Waals surface area (Å²) in [6.45, 7) is 9.49. The third-order valence-corrected chi connectivity index (χ3v) is 5.77. The van der Waals surface area contributed by atoms with Gasteiger partial charge in [-0.2, -0.15) is 4.98 Å². The van der Waals surface area contributed by atoms with Crippen molar-refractivity contribution >= 4 is 11.2 Å². The second kappa shape index (κ2) is 12.7. The first-order chi connectivity index (χ1) is 18.8. The molecular formula is C27H32F3N5O5. The van der Waals surface area contributed by atoms with E-state index < -0.39 is 23.4 Å². The summed E-state index contributed by atoms with van der Waals surface area (Å²) >= 11 is 0. The lowest BCUT2D eigenvalue weighted by Gasteiger charge is -2.14. The van der Waals surface area contributed by atoms with Crippen molar-refractivity contribution in [2.24, 2.45) is 7.05 Å². The monoisotopic (exact) mass is 563 g/mol. The number of likely N-dealkylation sites (N-methyl/N-ethyl adjacent to an activating group) is 1. The normalized spacial score (nSPS) is 12.2. The van der Waals surface area contributed by atoms with E-state index in [1.165, 1.54) is 16.2 Å². The number of allylic oxidation sites excluding steroid dienone is 2. The van der Waals surface area contributed by atoms with Crippen LogP contribution in [0.2, 0.25) is 0 Å². The maximum absolute atomic E-state index is 13.5. The van der Waals surface area contributed by atoms with Crippen LogP contribution >= 0.6 is 0 Å². The molecule has 0 N–H and O–H groups in total. The number of aryl methyl sites for hydroxylation is 2. The molecule has 0 unspecified atom stereocenters. The molecule has 0 fully saturated rings. The number of rotatable bonds is 13. The van der Waals surface area contributed by atoms with Gasteiger partial charge >= 0.3 is 12.1 Å². The van der Waals surface area contributed by atoms with Crippen molar-refractivity contribution in [2.45, 2.75) is 26.4 Å². The van der Waals surface area contributed by atoms with Gasteiger partial charge in [0.15, 0.2) is 11.2 Å². The van der Waals surface area contributed by atoms with Gasteiger partial charge < -0.3 is 19.1 Å². The summed E-state index contributed by atoms with van der Waals surface area (Å²) in [5, 5.41) is 0. The first-order valence-electron chi connectivity index (χ1n) is 12.3. The number of aromatic nitrogens is 4. The molecule has 0 aliphatic rings. The highest BCUT2D eigenvalue weighted by Gasteiger charge is 2.31. The zero-order valence-corrected chi connectivity index (χ0v) is 22.8. The van der Waals surface area contributed by atoms with E-state index in [2.05, 4.69) is 22.9 Å². The molecule has 10 nitrogen and oxygen atoms in total. The highest BCUT2D eigenvalue weighted by atomic mass is 19.4. The average molecular weight is 564 g/mol. The van der Waals surface area contributed by atoms with Crippen LogP contribution in [0.1, 0.15) is 11.1 Å². The fourth-order valence-corrected chi connectivity index (χ4v) is 3.75. The molecule has 216 valence electrons. The molecular weight excluding hydrogens is 531 g/mol. The van der Waals surface area contributed by atoms with Crippen LogP contribution in [-0.2, 0) is 29.6 Å². The number of benzene rings is 1. The molecule has 2 heterocycles. The van der Waals surface area contributed by atoms with Gasteiger partial charge in [-0.25, -0.2) is 4.79 Å². The number of ether oxygens (including phenoxy) is 3. The van der Waals surface area contributed by atoms with Gasteiger partial charge in [-0.1, -0.05) is 43.0 Å². The van der Waals surface area contributed by atoms with E-state index in [9.17, 15) is 22.8 Å². The summed E-state index contributed by atoms with van der Waals surface area (Å²) in [5.74, 6) is -0.688. The van der Waals surface area contributed by atoms with Gasteiger partial charge in [0, 0.05) is 26.2 Å². The van der Waals surface area contributed by atoms with E-state index >= 15 is 0 Å². The zero-order chi connectivity index (χ0) is 29.6. The fourth-order valence-electron chi connectivity index (χ4n) is 3.75. The summed E-state index contributed by atoms with van der Waals surface area (Å²) in [7, 11) is 5.22. The summed E-state index contributed by atoms with van der Waals surface area (Å²) in [4.78, 5) is 32.8. The van der Waals surface area contributed by atoms with E-state index in [1.54, 1.807) is 4.57 Å². The van der Waals surface area contributed by atoms with Gasteiger partial charge in [0.1, 0.15) is 24.7 Å². The van der Waals surface area contributed by atoms with Crippen molar-refractivity contribution < 1.29 is 27.4 Å². The lowest BCUT2D eigenvalue weighted by atomic mass is 10.1. The Bertz CT molecular complexity index is 1520. The van der Waals surface area contributed by atoms with Crippen LogP contribution in [0.25, 0.3) is 11.2 Å². The zero-order valence-electron chi connectivity index (χ0n) is 22.8. The minimum absolute atomic E-state index is 0.0741. The van der Waals surface area contributed by atoms with Crippen LogP contribution in [0.15, 0.2) is 70.7 Å². The first-order valence-corrected chi connectivity index (χ1v) is 12.3. The first kappa shape index (κ1) is 30.3. The van der Waals surface area contributed by atoms with Gasteiger partial charge in [-0.05, 0) is 32.7 Å². The van der Waals surface area contributed by atoms with Crippen LogP contribution in [0.4, 0.5) is 13.2 Å². The van der Waals surface area contributed by atoms with Gasteiger partial charge in [-0.3, -0.25) is 18.5 Å². The molecule has 0 saturated carbocycles. The fraction of sp³-hybridized carbons (Fsp3) is 0.370. The van der Waals surface area contributed by atoms with E-state index in [4.69, 9.17) is 9.47 Å². The number of hydrogen-bond donors (Lipinski definition) is 0. The number of hydrogen-bond acceptors (Lipinski definition) is 7. The molecule has 2 aromatic heterocycles. The van der Waals surface area contributed by atoms with Crippen molar-refractivity contribution in [3.63, 3.8) is 0 Å². The maximum atomic E-state index is 13.5. The van der Waals surface area contributed by atoms with Gasteiger partial charge in [0.2, 0.25) is 0 Å². The summed E-state index contributed by atoms with van der Waals surface area (Å²) in [6.07, 6.45) is -3.06. The smallest absolute Gasteiger partial charge is 0.491 e. The standard InChI is InChI=1S/C27H32F3N5O5/c1-7-21(40-27(28,29)30)16-19(3)38-14-15-39-25-31-23-22(35(25)17-20-10-8-18(2)9-11-20)24(36)34(13-12-32(4)5)26(37)33(23)6/h7-11,16H,1,3,12-15,17H2,2,4-6H3/b21-16+. The predicted molar refractivity (Wildman–Crippen MR) is 144 cm³/mol. The van der Waals surface area contributed by atoms with Gasteiger partial charge in [-0.15, -0.1) is 13.2 Å². The van der Waals surface area contributed by atoms with Crippen molar-refractivity contribution in [3.05, 3.63) is 93.1 Å². The number of alkyl halides is 3. The van der Waals surface area contributed by atoms with Crippen LogP contribution < -0.4 is 16.0 Å². The van der Waals surface area contributed by atoms with Crippen molar-refractivity contribution in [2.75, 3.05) is 33.9 Å². The lowest BCUT2D eigenvalue weighted by molar-refractivity contribution is -0.303. The van der Waals surface area contributed by atoms with E-state index in [-0.39, 0.29) is 49.2 Å². The van der Waals surface area contributed by atoms with E-state index in [0.29, 0.717) is 6.54 Å². The van der Waals surface area contributed by atoms with Gasteiger partial charge in [0.25, 0.3) is 11.6 Å². The largest absolute Gasteiger partial charge is 0.573 e. The Hall–Kier alpha value is -4.26. The minimum atomic E-state index is -4.88. The number of halogens is 3. The Morgan fingerprint density at radius 1 is 1.12 bits per heavy atom. The summed E-state index contributed by atoms with van der Waals surface area (Å²) in [5.41, 5.74) is 1.30. The molecule has 0 aliphatic carbocycles. The van der Waals surface area contributed by atoms with E-state index in [1.807, 2.05) is 50.2 Å². The Morgan fingerprint density at radius 2 is 1.80 bits per heavy atom. The topological polar surface area (TPSA) is 92.8 Å². The predicted octanol–water partition coefficient (Wildman–Crippen LogP) is 3.33. The third kappa shape index (κ3) is 7.65. The molecule has 0 atom stereocenters. The molecule has 40 heavy (non-hydrogen) atoms. The number of fused-ring (bicyclic) bond motifs is 1. The quantitative estimate of drug-likeness (QED) is 0.179. The minimum Gasteiger partial charge on any atom is -0.491 e. The van der Waals surface area contributed by atoms with Crippen LogP contribution in [0.5, 0.6) is 6.01 Å². The molecule has 0 radical (unpaired) electrons. The Morgan fingerprint density at radius 3 is 2.40 bits per heavy atom. The second-order valence-corrected chi connectivity index (χ2v) is 9.20. The van der Waals surface area contributed by atoms with Gasteiger partial charge in [0.05, 0.1) is 6.54 Å². The molecule has 3 aromatic rings. The highest BCUT2D eigenvalue weighted by molar-refractivity contribution is 5.72. The Labute approximate surface area is 228 Å². The van der Waals surface area contributed by atoms with Crippen LogP contribution in [-0.4, -0.2) is 63.8 Å². The Kier molecular flexibility index (Phi) is 9.64. The third-order valence-electron chi connectivity index (χ3n) is 5.77. The SMILES string of the molecule is C=C/C(=C\C(=C)OCCOc1nc2c(c(=O)n(CCN(C)C)c(=O)n2C)n1Cc1ccc(C)cc1)OC(F)(F)F. The second-order valence-electron chi connectivity index (χ2n) is 9.20. The molecule has 3 rings (SSSR count). The van der Waals surface area contributed by atoms with Crippen molar-refractivity contribution in [3.8, 4) is 6.01 Å². The molecule has 0 bridgehead atoms. The summed E-state index contributed by atoms with van der Waals surface area (Å²) in [6, 6.07) is 7.78. The number of imidazole rings is 1. The van der Waals surface area contributed by atoms with Crippen LogP contribution in [0.3, 0.4) is 0 Å². The lowest BCUT2D eigenvalue weighted by Crippen LogP contribution is -2.41. The summed E-state index contributed by atoms with van der Waals surface area (Å²) < 4.78 is 56.4. The number of nitrogens with zero attached hydrogens (tertiary/aromatic N) is 5. The Balaban J connectivity index is 1.90.